The van der Waals surface area contributed by atoms with E-state index in [0.29, 0.717) is 17.7 Å². The first-order valence-electron chi connectivity index (χ1n) is 5.80. The lowest BCUT2D eigenvalue weighted by Crippen LogP contribution is -2.33. The summed E-state index contributed by atoms with van der Waals surface area (Å²) < 4.78 is 5.87. The van der Waals surface area contributed by atoms with Crippen LogP contribution in [0.3, 0.4) is 0 Å². The molecule has 1 atom stereocenters. The zero-order valence-electron chi connectivity index (χ0n) is 10.8. The molecule has 1 aromatic carbocycles. The maximum atomic E-state index is 12.0. The molecule has 1 aromatic rings. The molecule has 0 aliphatic rings. The van der Waals surface area contributed by atoms with Gasteiger partial charge in [0.05, 0.1) is 12.7 Å². The second-order valence-corrected chi connectivity index (χ2v) is 5.31. The first-order valence-corrected chi connectivity index (χ1v) is 6.88. The van der Waals surface area contributed by atoms with Gasteiger partial charge in [-0.05, 0) is 54.1 Å². The lowest BCUT2D eigenvalue weighted by atomic mass is 10.1. The molecule has 2 N–H and O–H groups in total. The number of carboxylic acid groups (broad SMARTS) is 1. The number of amides is 1. The Balaban J connectivity index is 2.65. The van der Waals surface area contributed by atoms with Crippen LogP contribution < -0.4 is 10.1 Å². The van der Waals surface area contributed by atoms with Crippen LogP contribution in [-0.4, -0.2) is 30.1 Å². The fraction of sp³-hybridized carbons (Fsp3) is 0.385. The van der Waals surface area contributed by atoms with Crippen molar-refractivity contribution in [2.75, 3.05) is 7.11 Å². The van der Waals surface area contributed by atoms with Gasteiger partial charge in [-0.3, -0.25) is 9.59 Å². The Hall–Kier alpha value is -1.31. The van der Waals surface area contributed by atoms with Gasteiger partial charge in [-0.25, -0.2) is 0 Å². The molecule has 1 amide bonds. The van der Waals surface area contributed by atoms with Crippen LogP contribution in [0.25, 0.3) is 0 Å². The number of halogens is 1. The molecule has 0 spiro atoms. The summed E-state index contributed by atoms with van der Waals surface area (Å²) in [4.78, 5) is 22.5. The van der Waals surface area contributed by atoms with Crippen molar-refractivity contribution in [2.24, 2.45) is 0 Å². The van der Waals surface area contributed by atoms with E-state index in [9.17, 15) is 9.59 Å². The number of methoxy groups -OCH3 is 1. The van der Waals surface area contributed by atoms with Crippen molar-refractivity contribution >= 4 is 34.5 Å². The van der Waals surface area contributed by atoms with Crippen LogP contribution in [0.5, 0.6) is 5.75 Å². The zero-order valence-corrected chi connectivity index (χ0v) is 12.9. The quantitative estimate of drug-likeness (QED) is 0.746. The van der Waals surface area contributed by atoms with E-state index in [0.717, 1.165) is 3.57 Å². The van der Waals surface area contributed by atoms with Gasteiger partial charge in [-0.15, -0.1) is 0 Å². The summed E-state index contributed by atoms with van der Waals surface area (Å²) in [5.74, 6) is -0.370. The molecular weight excluding hydrogens is 361 g/mol. The maximum absolute atomic E-state index is 12.0. The monoisotopic (exact) mass is 377 g/mol. The number of benzene rings is 1. The second-order valence-electron chi connectivity index (χ2n) is 4.15. The third kappa shape index (κ3) is 5.06. The number of hydrogen-bond donors (Lipinski definition) is 2. The summed E-state index contributed by atoms with van der Waals surface area (Å²) in [6.45, 7) is 1.79. The molecule has 19 heavy (non-hydrogen) atoms. The molecule has 104 valence electrons. The summed E-state index contributed by atoms with van der Waals surface area (Å²) in [5, 5.41) is 11.4. The highest BCUT2D eigenvalue weighted by Gasteiger charge is 2.14. The van der Waals surface area contributed by atoms with Gasteiger partial charge in [0.15, 0.2) is 0 Å². The largest absolute Gasteiger partial charge is 0.497 e. The van der Waals surface area contributed by atoms with E-state index in [1.54, 1.807) is 32.2 Å². The zero-order chi connectivity index (χ0) is 14.4. The Kier molecular flexibility index (Phi) is 6.07. The van der Waals surface area contributed by atoms with Gasteiger partial charge in [-0.1, -0.05) is 0 Å². The van der Waals surface area contributed by atoms with E-state index in [1.807, 2.05) is 0 Å². The number of ether oxygens (including phenoxy) is 1. The fourth-order valence-electron chi connectivity index (χ4n) is 1.52. The first-order chi connectivity index (χ1) is 8.93. The van der Waals surface area contributed by atoms with E-state index in [2.05, 4.69) is 27.9 Å². The molecular formula is C13H16INO4. The molecule has 0 aliphatic heterocycles. The van der Waals surface area contributed by atoms with Gasteiger partial charge in [0, 0.05) is 16.0 Å². The highest BCUT2D eigenvalue weighted by atomic mass is 127. The smallest absolute Gasteiger partial charge is 0.303 e. The van der Waals surface area contributed by atoms with Crippen molar-refractivity contribution in [3.8, 4) is 5.75 Å². The van der Waals surface area contributed by atoms with Crippen molar-refractivity contribution in [3.63, 3.8) is 0 Å². The lowest BCUT2D eigenvalue weighted by molar-refractivity contribution is -0.137. The number of nitrogens with one attached hydrogen (secondary N) is 1. The summed E-state index contributed by atoms with van der Waals surface area (Å²) in [5.41, 5.74) is 0.559. The van der Waals surface area contributed by atoms with E-state index >= 15 is 0 Å². The summed E-state index contributed by atoms with van der Waals surface area (Å²) in [6.07, 6.45) is 0.453. The molecule has 5 nitrogen and oxygen atoms in total. The van der Waals surface area contributed by atoms with Crippen molar-refractivity contribution < 1.29 is 19.4 Å². The molecule has 0 saturated carbocycles. The topological polar surface area (TPSA) is 75.6 Å². The number of carboxylic acids is 1. The molecule has 0 aromatic heterocycles. The van der Waals surface area contributed by atoms with Crippen molar-refractivity contribution in [1.82, 2.24) is 5.32 Å². The second kappa shape index (κ2) is 7.32. The SMILES string of the molecule is COc1ccc(C(=O)NC(C)CCC(=O)O)c(I)c1. The number of carbonyl (C=O) groups is 2. The number of rotatable bonds is 6. The van der Waals surface area contributed by atoms with Crippen LogP contribution >= 0.6 is 22.6 Å². The summed E-state index contributed by atoms with van der Waals surface area (Å²) in [7, 11) is 1.57. The van der Waals surface area contributed by atoms with Gasteiger partial charge in [0.1, 0.15) is 5.75 Å². The van der Waals surface area contributed by atoms with Crippen molar-refractivity contribution in [1.29, 1.82) is 0 Å². The predicted octanol–water partition coefficient (Wildman–Crippen LogP) is 2.28. The molecule has 1 unspecified atom stereocenters. The van der Waals surface area contributed by atoms with Gasteiger partial charge in [0.2, 0.25) is 0 Å². The van der Waals surface area contributed by atoms with Gasteiger partial charge in [0.25, 0.3) is 5.91 Å². The third-order valence-electron chi connectivity index (χ3n) is 2.59. The Bertz CT molecular complexity index is 476. The minimum absolute atomic E-state index is 0.0428. The molecule has 0 aliphatic carbocycles. The lowest BCUT2D eigenvalue weighted by Gasteiger charge is -2.14. The summed E-state index contributed by atoms with van der Waals surface area (Å²) >= 11 is 2.07. The van der Waals surface area contributed by atoms with Gasteiger partial charge >= 0.3 is 5.97 Å². The minimum Gasteiger partial charge on any atom is -0.497 e. The average molecular weight is 377 g/mol. The Morgan fingerprint density at radius 2 is 2.16 bits per heavy atom. The standard InChI is InChI=1S/C13H16INO4/c1-8(3-6-12(16)17)15-13(18)10-5-4-9(19-2)7-11(10)14/h4-5,7-8H,3,6H2,1-2H3,(H,15,18)(H,16,17). The molecule has 0 bridgehead atoms. The Morgan fingerprint density at radius 3 is 2.68 bits per heavy atom. The predicted molar refractivity (Wildman–Crippen MR) is 79.5 cm³/mol. The fourth-order valence-corrected chi connectivity index (χ4v) is 2.25. The van der Waals surface area contributed by atoms with Crippen LogP contribution in [-0.2, 0) is 4.79 Å². The van der Waals surface area contributed by atoms with Crippen molar-refractivity contribution in [2.45, 2.75) is 25.8 Å². The number of aliphatic carboxylic acids is 1. The normalized spacial score (nSPS) is 11.7. The van der Waals surface area contributed by atoms with E-state index in [4.69, 9.17) is 9.84 Å². The molecule has 0 radical (unpaired) electrons. The van der Waals surface area contributed by atoms with Crippen LogP contribution in [0, 0.1) is 3.57 Å². The van der Waals surface area contributed by atoms with E-state index in [-0.39, 0.29) is 18.4 Å². The number of hydrogen-bond acceptors (Lipinski definition) is 3. The number of carbonyl (C=O) groups excluding carboxylic acids is 1. The minimum atomic E-state index is -0.861. The third-order valence-corrected chi connectivity index (χ3v) is 3.48. The van der Waals surface area contributed by atoms with Crippen LogP contribution in [0.2, 0.25) is 0 Å². The molecule has 1 rings (SSSR count). The van der Waals surface area contributed by atoms with E-state index < -0.39 is 5.97 Å². The van der Waals surface area contributed by atoms with Crippen molar-refractivity contribution in [3.05, 3.63) is 27.3 Å². The Morgan fingerprint density at radius 1 is 1.47 bits per heavy atom. The average Bonchev–Trinajstić information content (AvgIpc) is 2.35. The van der Waals surface area contributed by atoms with Gasteiger partial charge in [-0.2, -0.15) is 0 Å². The van der Waals surface area contributed by atoms with Crippen LogP contribution in [0.4, 0.5) is 0 Å². The van der Waals surface area contributed by atoms with Crippen LogP contribution in [0.15, 0.2) is 18.2 Å². The molecule has 0 fully saturated rings. The Labute approximate surface area is 125 Å². The highest BCUT2D eigenvalue weighted by Crippen LogP contribution is 2.19. The molecule has 0 saturated heterocycles. The first kappa shape index (κ1) is 15.7. The van der Waals surface area contributed by atoms with Crippen LogP contribution in [0.1, 0.15) is 30.1 Å². The molecule has 6 heteroatoms. The van der Waals surface area contributed by atoms with E-state index in [1.165, 1.54) is 0 Å². The molecule has 0 heterocycles. The summed E-state index contributed by atoms with van der Waals surface area (Å²) in [6, 6.07) is 5.01. The maximum Gasteiger partial charge on any atom is 0.303 e. The highest BCUT2D eigenvalue weighted by molar-refractivity contribution is 14.1. The van der Waals surface area contributed by atoms with Gasteiger partial charge < -0.3 is 15.2 Å².